The van der Waals surface area contributed by atoms with Crippen molar-refractivity contribution in [3.8, 4) is 5.75 Å². The molecule has 0 bridgehead atoms. The van der Waals surface area contributed by atoms with E-state index in [1.165, 1.54) is 16.0 Å². The van der Waals surface area contributed by atoms with E-state index in [4.69, 9.17) is 9.84 Å². The number of carboxylic acids is 1. The van der Waals surface area contributed by atoms with E-state index in [9.17, 15) is 4.79 Å². The van der Waals surface area contributed by atoms with Gasteiger partial charge in [0.05, 0.1) is 12.2 Å². The SMILES string of the molecule is Cc1ccc(SCCOc2cccc(C(=O)O)c2)cc1C. The van der Waals surface area contributed by atoms with Crippen LogP contribution in [0.15, 0.2) is 47.4 Å². The second-order valence-corrected chi connectivity index (χ2v) is 5.94. The quantitative estimate of drug-likeness (QED) is 0.642. The van der Waals surface area contributed by atoms with Crippen molar-refractivity contribution < 1.29 is 14.6 Å². The number of aryl methyl sites for hydroxylation is 2. The Kier molecular flexibility index (Phi) is 5.28. The Bertz CT molecular complexity index is 638. The number of carbonyl (C=O) groups is 1. The predicted molar refractivity (Wildman–Crippen MR) is 85.5 cm³/mol. The molecule has 0 saturated heterocycles. The smallest absolute Gasteiger partial charge is 0.335 e. The van der Waals surface area contributed by atoms with Crippen LogP contribution in [0.25, 0.3) is 0 Å². The molecule has 2 aromatic carbocycles. The van der Waals surface area contributed by atoms with Crippen molar-refractivity contribution in [2.75, 3.05) is 12.4 Å². The van der Waals surface area contributed by atoms with Crippen LogP contribution in [0.4, 0.5) is 0 Å². The van der Waals surface area contributed by atoms with Crippen LogP contribution in [-0.4, -0.2) is 23.4 Å². The maximum absolute atomic E-state index is 10.9. The summed E-state index contributed by atoms with van der Waals surface area (Å²) >= 11 is 1.73. The Labute approximate surface area is 129 Å². The second-order valence-electron chi connectivity index (χ2n) is 4.78. The highest BCUT2D eigenvalue weighted by Gasteiger charge is 2.04. The molecule has 0 unspecified atom stereocenters. The molecular formula is C17H18O3S. The molecule has 21 heavy (non-hydrogen) atoms. The largest absolute Gasteiger partial charge is 0.493 e. The van der Waals surface area contributed by atoms with Gasteiger partial charge in [-0.3, -0.25) is 0 Å². The van der Waals surface area contributed by atoms with E-state index >= 15 is 0 Å². The molecule has 0 heterocycles. The van der Waals surface area contributed by atoms with Crippen LogP contribution in [-0.2, 0) is 0 Å². The number of carboxylic acid groups (broad SMARTS) is 1. The molecule has 110 valence electrons. The van der Waals surface area contributed by atoms with Crippen molar-refractivity contribution in [3.63, 3.8) is 0 Å². The molecule has 3 nitrogen and oxygen atoms in total. The van der Waals surface area contributed by atoms with Gasteiger partial charge in [-0.2, -0.15) is 0 Å². The predicted octanol–water partition coefficient (Wildman–Crippen LogP) is 4.17. The molecular weight excluding hydrogens is 284 g/mol. The van der Waals surface area contributed by atoms with Crippen molar-refractivity contribution in [1.82, 2.24) is 0 Å². The molecule has 0 fully saturated rings. The summed E-state index contributed by atoms with van der Waals surface area (Å²) in [6.45, 7) is 4.75. The molecule has 0 saturated carbocycles. The van der Waals surface area contributed by atoms with Gasteiger partial charge in [-0.15, -0.1) is 11.8 Å². The third-order valence-corrected chi connectivity index (χ3v) is 4.14. The first-order chi connectivity index (χ1) is 10.1. The third-order valence-electron chi connectivity index (χ3n) is 3.18. The summed E-state index contributed by atoms with van der Waals surface area (Å²) in [5.74, 6) is 0.473. The Morgan fingerprint density at radius 1 is 1.14 bits per heavy atom. The molecule has 2 aromatic rings. The lowest BCUT2D eigenvalue weighted by atomic mass is 10.1. The van der Waals surface area contributed by atoms with Crippen molar-refractivity contribution in [2.45, 2.75) is 18.7 Å². The lowest BCUT2D eigenvalue weighted by Gasteiger charge is -2.08. The van der Waals surface area contributed by atoms with Crippen LogP contribution in [0.1, 0.15) is 21.5 Å². The zero-order valence-electron chi connectivity index (χ0n) is 12.1. The van der Waals surface area contributed by atoms with E-state index in [1.807, 2.05) is 0 Å². The number of thioether (sulfide) groups is 1. The van der Waals surface area contributed by atoms with Crippen molar-refractivity contribution in [2.24, 2.45) is 0 Å². The minimum atomic E-state index is -0.940. The molecule has 2 rings (SSSR count). The van der Waals surface area contributed by atoms with Crippen LogP contribution in [0.2, 0.25) is 0 Å². The molecule has 1 N–H and O–H groups in total. The number of hydrogen-bond acceptors (Lipinski definition) is 3. The van der Waals surface area contributed by atoms with E-state index in [0.717, 1.165) is 5.75 Å². The average molecular weight is 302 g/mol. The number of ether oxygens (including phenoxy) is 1. The molecule has 0 spiro atoms. The standard InChI is InChI=1S/C17H18O3S/c1-12-6-7-16(10-13(12)2)21-9-8-20-15-5-3-4-14(11-15)17(18)19/h3-7,10-11H,8-9H2,1-2H3,(H,18,19). The number of aromatic carboxylic acids is 1. The van der Waals surface area contributed by atoms with Gasteiger partial charge >= 0.3 is 5.97 Å². The van der Waals surface area contributed by atoms with Gasteiger partial charge in [0, 0.05) is 10.6 Å². The molecule has 0 aliphatic carbocycles. The van der Waals surface area contributed by atoms with Gasteiger partial charge in [0.2, 0.25) is 0 Å². The van der Waals surface area contributed by atoms with Crippen molar-refractivity contribution in [3.05, 3.63) is 59.2 Å². The maximum atomic E-state index is 10.9. The van der Waals surface area contributed by atoms with Gasteiger partial charge < -0.3 is 9.84 Å². The van der Waals surface area contributed by atoms with Gasteiger partial charge in [0.1, 0.15) is 5.75 Å². The summed E-state index contributed by atoms with van der Waals surface area (Å²) in [6.07, 6.45) is 0. The van der Waals surface area contributed by atoms with Crippen LogP contribution >= 0.6 is 11.8 Å². The van der Waals surface area contributed by atoms with Gasteiger partial charge in [-0.1, -0.05) is 12.1 Å². The van der Waals surface area contributed by atoms with Gasteiger partial charge in [-0.05, 0) is 55.3 Å². The fourth-order valence-corrected chi connectivity index (χ4v) is 2.67. The minimum Gasteiger partial charge on any atom is -0.493 e. The lowest BCUT2D eigenvalue weighted by molar-refractivity contribution is 0.0696. The first kappa shape index (κ1) is 15.4. The Morgan fingerprint density at radius 3 is 2.67 bits per heavy atom. The topological polar surface area (TPSA) is 46.5 Å². The van der Waals surface area contributed by atoms with Gasteiger partial charge in [0.15, 0.2) is 0 Å². The molecule has 0 aliphatic heterocycles. The van der Waals surface area contributed by atoms with E-state index in [0.29, 0.717) is 12.4 Å². The second kappa shape index (κ2) is 7.18. The number of rotatable bonds is 6. The fraction of sp³-hybridized carbons (Fsp3) is 0.235. The molecule has 0 aliphatic rings. The molecule has 0 radical (unpaired) electrons. The normalized spacial score (nSPS) is 10.4. The maximum Gasteiger partial charge on any atom is 0.335 e. The molecule has 0 aromatic heterocycles. The highest BCUT2D eigenvalue weighted by Crippen LogP contribution is 2.21. The van der Waals surface area contributed by atoms with Gasteiger partial charge in [-0.25, -0.2) is 4.79 Å². The molecule has 0 atom stereocenters. The van der Waals surface area contributed by atoms with E-state index in [2.05, 4.69) is 32.0 Å². The van der Waals surface area contributed by atoms with E-state index in [1.54, 1.807) is 36.0 Å². The van der Waals surface area contributed by atoms with Gasteiger partial charge in [0.25, 0.3) is 0 Å². The summed E-state index contributed by atoms with van der Waals surface area (Å²) in [5, 5.41) is 8.92. The fourth-order valence-electron chi connectivity index (χ4n) is 1.84. The summed E-state index contributed by atoms with van der Waals surface area (Å²) in [7, 11) is 0. The third kappa shape index (κ3) is 4.53. The van der Waals surface area contributed by atoms with Crippen molar-refractivity contribution in [1.29, 1.82) is 0 Å². The van der Waals surface area contributed by atoms with E-state index in [-0.39, 0.29) is 5.56 Å². The Balaban J connectivity index is 1.83. The average Bonchev–Trinajstić information content (AvgIpc) is 2.47. The summed E-state index contributed by atoms with van der Waals surface area (Å²) in [4.78, 5) is 12.1. The summed E-state index contributed by atoms with van der Waals surface area (Å²) in [6, 6.07) is 13.0. The highest BCUT2D eigenvalue weighted by molar-refractivity contribution is 7.99. The van der Waals surface area contributed by atoms with E-state index < -0.39 is 5.97 Å². The van der Waals surface area contributed by atoms with Crippen LogP contribution in [0, 0.1) is 13.8 Å². The Hall–Kier alpha value is -1.94. The zero-order valence-corrected chi connectivity index (χ0v) is 12.9. The zero-order chi connectivity index (χ0) is 15.2. The highest BCUT2D eigenvalue weighted by atomic mass is 32.2. The minimum absolute atomic E-state index is 0.245. The summed E-state index contributed by atoms with van der Waals surface area (Å²) < 4.78 is 5.59. The number of benzene rings is 2. The molecule has 0 amide bonds. The van der Waals surface area contributed by atoms with Crippen LogP contribution in [0.5, 0.6) is 5.75 Å². The monoisotopic (exact) mass is 302 g/mol. The van der Waals surface area contributed by atoms with Crippen molar-refractivity contribution >= 4 is 17.7 Å². The molecule has 4 heteroatoms. The summed E-state index contributed by atoms with van der Waals surface area (Å²) in [5.41, 5.74) is 2.82. The first-order valence-electron chi connectivity index (χ1n) is 6.72. The lowest BCUT2D eigenvalue weighted by Crippen LogP contribution is -2.02. The Morgan fingerprint density at radius 2 is 1.95 bits per heavy atom. The first-order valence-corrected chi connectivity index (χ1v) is 7.71. The van der Waals surface area contributed by atoms with Crippen LogP contribution < -0.4 is 4.74 Å². The number of hydrogen-bond donors (Lipinski definition) is 1. The van der Waals surface area contributed by atoms with Crippen LogP contribution in [0.3, 0.4) is 0 Å².